The molecule has 26 heavy (non-hydrogen) atoms. The van der Waals surface area contributed by atoms with Crippen LogP contribution >= 0.6 is 11.6 Å². The standard InChI is InChI=1S/C17H12ClN3O5/c1-9(20-16(23)11-4-2-3-5-12(11)17(20)24)15(22)19-10-6-7-13(18)14(8-10)21(25)26/h2-9H,1H3,(H,19,22)/t9-/m1/s1. The highest BCUT2D eigenvalue weighted by Crippen LogP contribution is 2.28. The highest BCUT2D eigenvalue weighted by molar-refractivity contribution is 6.32. The van der Waals surface area contributed by atoms with Crippen LogP contribution in [-0.4, -0.2) is 33.6 Å². The molecule has 0 fully saturated rings. The van der Waals surface area contributed by atoms with Crippen LogP contribution in [0, 0.1) is 10.1 Å². The number of carbonyl (C=O) groups is 3. The second-order valence-electron chi connectivity index (χ2n) is 5.61. The molecule has 1 atom stereocenters. The van der Waals surface area contributed by atoms with Gasteiger partial charge in [0.15, 0.2) is 0 Å². The van der Waals surface area contributed by atoms with Gasteiger partial charge in [0, 0.05) is 11.8 Å². The van der Waals surface area contributed by atoms with Crippen LogP contribution < -0.4 is 5.32 Å². The van der Waals surface area contributed by atoms with Gasteiger partial charge in [-0.2, -0.15) is 0 Å². The molecule has 8 nitrogen and oxygen atoms in total. The van der Waals surface area contributed by atoms with E-state index in [0.717, 1.165) is 11.0 Å². The first-order valence-corrected chi connectivity index (χ1v) is 7.90. The van der Waals surface area contributed by atoms with Crippen molar-refractivity contribution in [2.24, 2.45) is 0 Å². The van der Waals surface area contributed by atoms with Crippen LogP contribution in [0.1, 0.15) is 27.6 Å². The fourth-order valence-corrected chi connectivity index (χ4v) is 2.84. The summed E-state index contributed by atoms with van der Waals surface area (Å²) < 4.78 is 0. The lowest BCUT2D eigenvalue weighted by Gasteiger charge is -2.21. The fraction of sp³-hybridized carbons (Fsp3) is 0.118. The molecule has 1 aliphatic rings. The first kappa shape index (κ1) is 17.6. The van der Waals surface area contributed by atoms with Gasteiger partial charge in [0.05, 0.1) is 16.1 Å². The van der Waals surface area contributed by atoms with Crippen LogP contribution in [0.5, 0.6) is 0 Å². The Balaban J connectivity index is 1.81. The minimum Gasteiger partial charge on any atom is -0.324 e. The van der Waals surface area contributed by atoms with Crippen molar-refractivity contribution < 1.29 is 19.3 Å². The van der Waals surface area contributed by atoms with Gasteiger partial charge in [-0.1, -0.05) is 23.7 Å². The molecule has 0 saturated carbocycles. The largest absolute Gasteiger partial charge is 0.324 e. The predicted octanol–water partition coefficient (Wildman–Crippen LogP) is 2.87. The summed E-state index contributed by atoms with van der Waals surface area (Å²) in [5, 5.41) is 13.3. The molecule has 3 amide bonds. The third-order valence-corrected chi connectivity index (χ3v) is 4.32. The second kappa shape index (κ2) is 6.57. The molecule has 2 aromatic carbocycles. The van der Waals surface area contributed by atoms with Crippen molar-refractivity contribution in [1.29, 1.82) is 0 Å². The van der Waals surface area contributed by atoms with E-state index in [1.165, 1.54) is 31.2 Å². The van der Waals surface area contributed by atoms with Crippen LogP contribution in [-0.2, 0) is 4.79 Å². The lowest BCUT2D eigenvalue weighted by Crippen LogP contribution is -2.45. The number of rotatable bonds is 4. The number of nitrogens with zero attached hydrogens (tertiary/aromatic N) is 2. The molecule has 0 spiro atoms. The molecule has 0 aromatic heterocycles. The Kier molecular flexibility index (Phi) is 4.43. The number of hydrogen-bond acceptors (Lipinski definition) is 5. The molecule has 0 bridgehead atoms. The van der Waals surface area contributed by atoms with Gasteiger partial charge in [0.1, 0.15) is 11.1 Å². The topological polar surface area (TPSA) is 110 Å². The Bertz CT molecular complexity index is 924. The van der Waals surface area contributed by atoms with Crippen LogP contribution in [0.25, 0.3) is 0 Å². The molecule has 9 heteroatoms. The summed E-state index contributed by atoms with van der Waals surface area (Å²) in [6.45, 7) is 1.40. The van der Waals surface area contributed by atoms with Gasteiger partial charge >= 0.3 is 0 Å². The minimum absolute atomic E-state index is 0.0682. The van der Waals surface area contributed by atoms with Gasteiger partial charge in [0.25, 0.3) is 17.5 Å². The Morgan fingerprint density at radius 1 is 1.15 bits per heavy atom. The van der Waals surface area contributed by atoms with E-state index < -0.39 is 28.7 Å². The van der Waals surface area contributed by atoms with Gasteiger partial charge < -0.3 is 5.32 Å². The molecule has 1 aliphatic heterocycles. The predicted molar refractivity (Wildman–Crippen MR) is 93.1 cm³/mol. The number of halogens is 1. The van der Waals surface area contributed by atoms with E-state index in [1.807, 2.05) is 0 Å². The first-order valence-electron chi connectivity index (χ1n) is 7.53. The van der Waals surface area contributed by atoms with E-state index in [4.69, 9.17) is 11.6 Å². The highest BCUT2D eigenvalue weighted by Gasteiger charge is 2.40. The fourth-order valence-electron chi connectivity index (χ4n) is 2.65. The van der Waals surface area contributed by atoms with E-state index >= 15 is 0 Å². The Morgan fingerprint density at radius 3 is 2.27 bits per heavy atom. The summed E-state index contributed by atoms with van der Waals surface area (Å²) in [4.78, 5) is 48.4. The maximum Gasteiger partial charge on any atom is 0.289 e. The number of amides is 3. The molecule has 0 unspecified atom stereocenters. The number of anilines is 1. The molecule has 1 heterocycles. The van der Waals surface area contributed by atoms with E-state index in [-0.39, 0.29) is 27.5 Å². The smallest absolute Gasteiger partial charge is 0.289 e. The Labute approximate surface area is 152 Å². The molecule has 0 radical (unpaired) electrons. The third-order valence-electron chi connectivity index (χ3n) is 4.00. The van der Waals surface area contributed by atoms with Crippen molar-refractivity contribution in [2.45, 2.75) is 13.0 Å². The van der Waals surface area contributed by atoms with Crippen molar-refractivity contribution in [1.82, 2.24) is 4.90 Å². The van der Waals surface area contributed by atoms with Crippen molar-refractivity contribution in [3.8, 4) is 0 Å². The number of carbonyl (C=O) groups excluding carboxylic acids is 3. The number of imide groups is 1. The lowest BCUT2D eigenvalue weighted by molar-refractivity contribution is -0.384. The number of hydrogen-bond donors (Lipinski definition) is 1. The molecule has 0 saturated heterocycles. The summed E-state index contributed by atoms with van der Waals surface area (Å²) in [7, 11) is 0. The monoisotopic (exact) mass is 373 g/mol. The number of nitrogens with one attached hydrogen (secondary N) is 1. The lowest BCUT2D eigenvalue weighted by atomic mass is 10.1. The van der Waals surface area contributed by atoms with E-state index in [9.17, 15) is 24.5 Å². The normalized spacial score (nSPS) is 14.2. The van der Waals surface area contributed by atoms with Crippen LogP contribution in [0.3, 0.4) is 0 Å². The minimum atomic E-state index is -1.10. The Hall–Kier alpha value is -3.26. The van der Waals surface area contributed by atoms with Crippen LogP contribution in [0.4, 0.5) is 11.4 Å². The summed E-state index contributed by atoms with van der Waals surface area (Å²) in [6.07, 6.45) is 0. The second-order valence-corrected chi connectivity index (χ2v) is 6.02. The molecule has 132 valence electrons. The number of nitro benzene ring substituents is 1. The Morgan fingerprint density at radius 2 is 1.73 bits per heavy atom. The number of nitro groups is 1. The van der Waals surface area contributed by atoms with Gasteiger partial charge in [-0.05, 0) is 31.2 Å². The first-order chi connectivity index (χ1) is 12.3. The van der Waals surface area contributed by atoms with Gasteiger partial charge in [-0.15, -0.1) is 0 Å². The molecular formula is C17H12ClN3O5. The SMILES string of the molecule is C[C@H](C(=O)Nc1ccc(Cl)c([N+](=O)[O-])c1)N1C(=O)c2ccccc2C1=O. The van der Waals surface area contributed by atoms with Crippen molar-refractivity contribution in [2.75, 3.05) is 5.32 Å². The van der Waals surface area contributed by atoms with E-state index in [1.54, 1.807) is 12.1 Å². The van der Waals surface area contributed by atoms with Crippen LogP contribution in [0.2, 0.25) is 5.02 Å². The molecule has 0 aliphatic carbocycles. The van der Waals surface area contributed by atoms with Gasteiger partial charge in [-0.3, -0.25) is 29.4 Å². The van der Waals surface area contributed by atoms with Gasteiger partial charge in [0.2, 0.25) is 5.91 Å². The zero-order valence-electron chi connectivity index (χ0n) is 13.4. The third kappa shape index (κ3) is 2.91. The van der Waals surface area contributed by atoms with Gasteiger partial charge in [-0.25, -0.2) is 0 Å². The summed E-state index contributed by atoms with van der Waals surface area (Å²) >= 11 is 5.73. The van der Waals surface area contributed by atoms with Crippen molar-refractivity contribution in [3.05, 3.63) is 68.7 Å². The van der Waals surface area contributed by atoms with E-state index in [2.05, 4.69) is 5.32 Å². The molecule has 1 N–H and O–H groups in total. The van der Waals surface area contributed by atoms with Crippen LogP contribution in [0.15, 0.2) is 42.5 Å². The van der Waals surface area contributed by atoms with E-state index in [0.29, 0.717) is 0 Å². The number of fused-ring (bicyclic) bond motifs is 1. The summed E-state index contributed by atoms with van der Waals surface area (Å²) in [5.74, 6) is -1.78. The molecular weight excluding hydrogens is 362 g/mol. The quantitative estimate of drug-likeness (QED) is 0.503. The van der Waals surface area contributed by atoms with Crippen molar-refractivity contribution >= 4 is 40.7 Å². The maximum atomic E-state index is 12.4. The van der Waals surface area contributed by atoms with Crippen molar-refractivity contribution in [3.63, 3.8) is 0 Å². The summed E-state index contributed by atoms with van der Waals surface area (Å²) in [5.41, 5.74) is 0.242. The maximum absolute atomic E-state index is 12.4. The highest BCUT2D eigenvalue weighted by atomic mass is 35.5. The summed E-state index contributed by atoms with van der Waals surface area (Å²) in [6, 6.07) is 8.97. The molecule has 3 rings (SSSR count). The average Bonchev–Trinajstić information content (AvgIpc) is 2.87. The number of benzene rings is 2. The average molecular weight is 374 g/mol. The molecule has 2 aromatic rings. The zero-order chi connectivity index (χ0) is 19.0. The zero-order valence-corrected chi connectivity index (χ0v) is 14.2.